The van der Waals surface area contributed by atoms with Crippen molar-refractivity contribution in [1.29, 1.82) is 0 Å². The van der Waals surface area contributed by atoms with Crippen LogP contribution < -0.4 is 0 Å². The Balaban J connectivity index is 1.61. The SMILES string of the molecule is C(/CN1CCOCC1)=C(\CN1CCOCC1)Sc1ccccc1. The van der Waals surface area contributed by atoms with Crippen LogP contribution in [0.25, 0.3) is 0 Å². The van der Waals surface area contributed by atoms with Crippen molar-refractivity contribution in [2.75, 3.05) is 65.7 Å². The third-order valence-corrected chi connectivity index (χ3v) is 5.22. The van der Waals surface area contributed by atoms with Crippen LogP contribution >= 0.6 is 11.8 Å². The zero-order valence-corrected chi connectivity index (χ0v) is 14.5. The Morgan fingerprint density at radius 2 is 1.52 bits per heavy atom. The van der Waals surface area contributed by atoms with E-state index in [4.69, 9.17) is 9.47 Å². The lowest BCUT2D eigenvalue weighted by molar-refractivity contribution is 0.0414. The largest absolute Gasteiger partial charge is 0.379 e. The number of nitrogens with zero attached hydrogens (tertiary/aromatic N) is 2. The number of hydrogen-bond acceptors (Lipinski definition) is 5. The Hall–Kier alpha value is -0.850. The van der Waals surface area contributed by atoms with Crippen LogP contribution in [0.2, 0.25) is 0 Å². The Morgan fingerprint density at radius 1 is 0.913 bits per heavy atom. The predicted octanol–water partition coefficient (Wildman–Crippen LogP) is 2.33. The first kappa shape index (κ1) is 17.0. The third-order valence-electron chi connectivity index (χ3n) is 4.16. The van der Waals surface area contributed by atoms with Gasteiger partial charge in [-0.25, -0.2) is 0 Å². The molecule has 1 aromatic rings. The first-order valence-corrected chi connectivity index (χ1v) is 9.24. The van der Waals surface area contributed by atoms with E-state index < -0.39 is 0 Å². The zero-order chi connectivity index (χ0) is 15.7. The van der Waals surface area contributed by atoms with Gasteiger partial charge in [-0.1, -0.05) is 36.0 Å². The summed E-state index contributed by atoms with van der Waals surface area (Å²) in [5.41, 5.74) is 0. The van der Waals surface area contributed by atoms with Gasteiger partial charge in [0.05, 0.1) is 26.4 Å². The van der Waals surface area contributed by atoms with Gasteiger partial charge in [0.15, 0.2) is 0 Å². The molecule has 0 amide bonds. The lowest BCUT2D eigenvalue weighted by atomic mass is 10.3. The summed E-state index contributed by atoms with van der Waals surface area (Å²) in [4.78, 5) is 7.71. The van der Waals surface area contributed by atoms with E-state index in [0.717, 1.165) is 65.7 Å². The number of morpholine rings is 2. The smallest absolute Gasteiger partial charge is 0.0594 e. The highest BCUT2D eigenvalue weighted by molar-refractivity contribution is 8.03. The van der Waals surface area contributed by atoms with Gasteiger partial charge in [0, 0.05) is 49.1 Å². The van der Waals surface area contributed by atoms with E-state index in [1.807, 2.05) is 11.8 Å². The molecule has 0 atom stereocenters. The summed E-state index contributed by atoms with van der Waals surface area (Å²) in [6.07, 6.45) is 2.40. The van der Waals surface area contributed by atoms with Crippen molar-refractivity contribution in [1.82, 2.24) is 9.80 Å². The van der Waals surface area contributed by atoms with Crippen molar-refractivity contribution >= 4 is 11.8 Å². The van der Waals surface area contributed by atoms with E-state index in [1.165, 1.54) is 9.80 Å². The fraction of sp³-hybridized carbons (Fsp3) is 0.556. The molecule has 0 radical (unpaired) electrons. The molecule has 0 aliphatic carbocycles. The van der Waals surface area contributed by atoms with Crippen molar-refractivity contribution < 1.29 is 9.47 Å². The molecule has 2 aliphatic rings. The molecule has 2 fully saturated rings. The van der Waals surface area contributed by atoms with Gasteiger partial charge >= 0.3 is 0 Å². The van der Waals surface area contributed by atoms with Crippen molar-refractivity contribution in [3.63, 3.8) is 0 Å². The molecule has 3 rings (SSSR count). The van der Waals surface area contributed by atoms with Crippen molar-refractivity contribution in [3.05, 3.63) is 41.3 Å². The molecule has 4 nitrogen and oxygen atoms in total. The molecule has 0 aromatic heterocycles. The van der Waals surface area contributed by atoms with E-state index >= 15 is 0 Å². The monoisotopic (exact) mass is 334 g/mol. The van der Waals surface area contributed by atoms with Crippen LogP contribution in [0.3, 0.4) is 0 Å². The molecule has 0 saturated carbocycles. The second-order valence-corrected chi connectivity index (χ2v) is 7.09. The lowest BCUT2D eigenvalue weighted by Gasteiger charge is -2.28. The molecule has 0 unspecified atom stereocenters. The molecule has 2 saturated heterocycles. The number of ether oxygens (including phenoxy) is 2. The molecule has 0 bridgehead atoms. The Labute approximate surface area is 143 Å². The average Bonchev–Trinajstić information content (AvgIpc) is 2.62. The molecule has 126 valence electrons. The summed E-state index contributed by atoms with van der Waals surface area (Å²) < 4.78 is 10.9. The summed E-state index contributed by atoms with van der Waals surface area (Å²) in [5, 5.41) is 0. The highest BCUT2D eigenvalue weighted by Gasteiger charge is 2.14. The normalized spacial score (nSPS) is 21.5. The van der Waals surface area contributed by atoms with E-state index in [1.54, 1.807) is 0 Å². The molecule has 1 aromatic carbocycles. The van der Waals surface area contributed by atoms with E-state index in [-0.39, 0.29) is 0 Å². The topological polar surface area (TPSA) is 24.9 Å². The van der Waals surface area contributed by atoms with E-state index in [0.29, 0.717) is 0 Å². The Bertz CT molecular complexity index is 483. The quantitative estimate of drug-likeness (QED) is 0.744. The van der Waals surface area contributed by atoms with Crippen LogP contribution in [0, 0.1) is 0 Å². The standard InChI is InChI=1S/C18H26N2O2S/c1-2-4-17(5-3-1)23-18(16-20-10-14-22-15-11-20)6-7-19-8-12-21-13-9-19/h1-6H,7-16H2/b18-6-. The molecule has 5 heteroatoms. The molecule has 2 heterocycles. The first-order valence-electron chi connectivity index (χ1n) is 8.42. The highest BCUT2D eigenvalue weighted by atomic mass is 32.2. The van der Waals surface area contributed by atoms with Gasteiger partial charge in [0.25, 0.3) is 0 Å². The molecule has 2 aliphatic heterocycles. The van der Waals surface area contributed by atoms with Crippen LogP contribution in [0.4, 0.5) is 0 Å². The molecule has 0 spiro atoms. The van der Waals surface area contributed by atoms with Crippen LogP contribution in [-0.4, -0.2) is 75.5 Å². The Morgan fingerprint density at radius 3 is 2.17 bits per heavy atom. The summed E-state index contributed by atoms with van der Waals surface area (Å²) in [6, 6.07) is 10.7. The van der Waals surface area contributed by atoms with Gasteiger partial charge in [-0.2, -0.15) is 0 Å². The highest BCUT2D eigenvalue weighted by Crippen LogP contribution is 2.27. The summed E-state index contributed by atoms with van der Waals surface area (Å²) in [6.45, 7) is 9.61. The lowest BCUT2D eigenvalue weighted by Crippen LogP contribution is -2.38. The molecular formula is C18H26N2O2S. The second kappa shape index (κ2) is 9.45. The zero-order valence-electron chi connectivity index (χ0n) is 13.7. The van der Waals surface area contributed by atoms with Gasteiger partial charge in [-0.15, -0.1) is 0 Å². The maximum atomic E-state index is 5.46. The molecular weight excluding hydrogens is 308 g/mol. The van der Waals surface area contributed by atoms with Crippen molar-refractivity contribution in [2.24, 2.45) is 0 Å². The summed E-state index contributed by atoms with van der Waals surface area (Å²) in [5.74, 6) is 0. The minimum absolute atomic E-state index is 0.854. The molecule has 23 heavy (non-hydrogen) atoms. The maximum absolute atomic E-state index is 5.46. The molecule has 0 N–H and O–H groups in total. The van der Waals surface area contributed by atoms with Gasteiger partial charge in [0.1, 0.15) is 0 Å². The fourth-order valence-electron chi connectivity index (χ4n) is 2.77. The van der Waals surface area contributed by atoms with Gasteiger partial charge < -0.3 is 9.47 Å². The minimum Gasteiger partial charge on any atom is -0.379 e. The van der Waals surface area contributed by atoms with Crippen LogP contribution in [0.1, 0.15) is 0 Å². The summed E-state index contributed by atoms with van der Waals surface area (Å²) in [7, 11) is 0. The number of benzene rings is 1. The fourth-order valence-corrected chi connectivity index (χ4v) is 3.77. The second-order valence-electron chi connectivity index (χ2n) is 5.89. The number of thioether (sulfide) groups is 1. The van der Waals surface area contributed by atoms with E-state index in [2.05, 4.69) is 46.2 Å². The number of hydrogen-bond donors (Lipinski definition) is 0. The summed E-state index contributed by atoms with van der Waals surface area (Å²) >= 11 is 1.89. The van der Waals surface area contributed by atoms with Crippen LogP contribution in [-0.2, 0) is 9.47 Å². The predicted molar refractivity (Wildman–Crippen MR) is 94.9 cm³/mol. The third kappa shape index (κ3) is 5.94. The average molecular weight is 334 g/mol. The van der Waals surface area contributed by atoms with Gasteiger partial charge in [0.2, 0.25) is 0 Å². The first-order chi connectivity index (χ1) is 11.4. The van der Waals surface area contributed by atoms with Crippen LogP contribution in [0.5, 0.6) is 0 Å². The van der Waals surface area contributed by atoms with E-state index in [9.17, 15) is 0 Å². The van der Waals surface area contributed by atoms with Crippen molar-refractivity contribution in [3.8, 4) is 0 Å². The minimum atomic E-state index is 0.854. The number of rotatable bonds is 6. The van der Waals surface area contributed by atoms with Gasteiger partial charge in [-0.3, -0.25) is 9.80 Å². The van der Waals surface area contributed by atoms with Crippen LogP contribution in [0.15, 0.2) is 46.2 Å². The maximum Gasteiger partial charge on any atom is 0.0594 e. The van der Waals surface area contributed by atoms with Crippen molar-refractivity contribution in [2.45, 2.75) is 4.90 Å². The van der Waals surface area contributed by atoms with Gasteiger partial charge in [-0.05, 0) is 12.1 Å². The Kier molecular flexibility index (Phi) is 6.98.